The molecule has 0 aliphatic rings. The summed E-state index contributed by atoms with van der Waals surface area (Å²) in [6.07, 6.45) is 1.30. The summed E-state index contributed by atoms with van der Waals surface area (Å²) in [6, 6.07) is 15.6. The Balaban J connectivity index is 2.01. The fourth-order valence-corrected chi connectivity index (χ4v) is 2.07. The van der Waals surface area contributed by atoms with E-state index in [2.05, 4.69) is 25.1 Å². The predicted molar refractivity (Wildman–Crippen MR) is 76.8 cm³/mol. The number of ether oxygens (including phenoxy) is 1. The van der Waals surface area contributed by atoms with Gasteiger partial charge in [0.25, 0.3) is 0 Å². The zero-order valence-electron chi connectivity index (χ0n) is 11.3. The van der Waals surface area contributed by atoms with Gasteiger partial charge in [-0.3, -0.25) is 4.79 Å². The van der Waals surface area contributed by atoms with Gasteiger partial charge in [0.05, 0.1) is 7.11 Å². The van der Waals surface area contributed by atoms with Gasteiger partial charge in [-0.15, -0.1) is 0 Å². The van der Waals surface area contributed by atoms with Crippen molar-refractivity contribution >= 4 is 5.78 Å². The highest BCUT2D eigenvalue weighted by atomic mass is 16.5. The Bertz CT molecular complexity index is 573. The van der Waals surface area contributed by atoms with Crippen LogP contribution in [-0.4, -0.2) is 12.9 Å². The number of benzene rings is 2. The van der Waals surface area contributed by atoms with Crippen LogP contribution in [0.25, 0.3) is 0 Å². The topological polar surface area (TPSA) is 26.3 Å². The van der Waals surface area contributed by atoms with Gasteiger partial charge >= 0.3 is 0 Å². The van der Waals surface area contributed by atoms with E-state index in [1.165, 1.54) is 11.1 Å². The highest BCUT2D eigenvalue weighted by molar-refractivity contribution is 5.96. The number of ketones is 1. The van der Waals surface area contributed by atoms with Crippen molar-refractivity contribution in [1.29, 1.82) is 0 Å². The molecule has 2 aromatic carbocycles. The maximum atomic E-state index is 12.1. The number of carbonyl (C=O) groups is 1. The molecule has 0 aromatic heterocycles. The molecule has 98 valence electrons. The molecule has 0 amide bonds. The van der Waals surface area contributed by atoms with Crippen LogP contribution in [0.1, 0.15) is 27.9 Å². The Labute approximate surface area is 114 Å². The highest BCUT2D eigenvalue weighted by Crippen LogP contribution is 2.15. The Morgan fingerprint density at radius 1 is 1.11 bits per heavy atom. The van der Waals surface area contributed by atoms with E-state index in [4.69, 9.17) is 4.74 Å². The summed E-state index contributed by atoms with van der Waals surface area (Å²) in [5, 5.41) is 0. The van der Waals surface area contributed by atoms with Crippen LogP contribution in [0.5, 0.6) is 5.75 Å². The van der Waals surface area contributed by atoms with Crippen molar-refractivity contribution in [3.63, 3.8) is 0 Å². The number of methoxy groups -OCH3 is 1. The molecule has 0 saturated carbocycles. The van der Waals surface area contributed by atoms with Crippen LogP contribution in [0.15, 0.2) is 48.5 Å². The van der Waals surface area contributed by atoms with Crippen molar-refractivity contribution in [2.75, 3.05) is 7.11 Å². The molecule has 0 spiro atoms. The number of hydrogen-bond acceptors (Lipinski definition) is 2. The molecule has 2 nitrogen and oxygen atoms in total. The van der Waals surface area contributed by atoms with Gasteiger partial charge in [-0.05, 0) is 31.0 Å². The molecular weight excluding hydrogens is 236 g/mol. The Morgan fingerprint density at radius 3 is 2.63 bits per heavy atom. The lowest BCUT2D eigenvalue weighted by molar-refractivity contribution is 0.0982. The van der Waals surface area contributed by atoms with Crippen molar-refractivity contribution in [2.24, 2.45) is 0 Å². The minimum absolute atomic E-state index is 0.153. The molecular formula is C17H18O2. The van der Waals surface area contributed by atoms with Crippen LogP contribution in [0.4, 0.5) is 0 Å². The van der Waals surface area contributed by atoms with Crippen LogP contribution in [-0.2, 0) is 6.42 Å². The fourth-order valence-electron chi connectivity index (χ4n) is 2.07. The van der Waals surface area contributed by atoms with Gasteiger partial charge in [0, 0.05) is 12.0 Å². The zero-order chi connectivity index (χ0) is 13.7. The third-order valence-corrected chi connectivity index (χ3v) is 3.11. The Hall–Kier alpha value is -2.09. The van der Waals surface area contributed by atoms with E-state index in [0.29, 0.717) is 12.0 Å². The lowest BCUT2D eigenvalue weighted by Crippen LogP contribution is -2.01. The molecule has 0 aliphatic heterocycles. The summed E-state index contributed by atoms with van der Waals surface area (Å²) in [6.45, 7) is 2.06. The summed E-state index contributed by atoms with van der Waals surface area (Å²) < 4.78 is 5.13. The lowest BCUT2D eigenvalue weighted by atomic mass is 10.0. The second-order valence-corrected chi connectivity index (χ2v) is 4.64. The summed E-state index contributed by atoms with van der Waals surface area (Å²) in [4.78, 5) is 12.1. The van der Waals surface area contributed by atoms with Gasteiger partial charge in [0.15, 0.2) is 5.78 Å². The standard InChI is InChI=1S/C17H18O2/c1-13-5-3-6-14(11-13)9-10-17(18)15-7-4-8-16(12-15)19-2/h3-8,11-12H,9-10H2,1-2H3. The lowest BCUT2D eigenvalue weighted by Gasteiger charge is -2.05. The van der Waals surface area contributed by atoms with Gasteiger partial charge in [-0.25, -0.2) is 0 Å². The molecule has 0 heterocycles. The van der Waals surface area contributed by atoms with Crippen LogP contribution >= 0.6 is 0 Å². The van der Waals surface area contributed by atoms with Gasteiger partial charge < -0.3 is 4.74 Å². The van der Waals surface area contributed by atoms with E-state index in [0.717, 1.165) is 12.2 Å². The Morgan fingerprint density at radius 2 is 1.89 bits per heavy atom. The number of rotatable bonds is 5. The molecule has 0 atom stereocenters. The first-order chi connectivity index (χ1) is 9.19. The fraction of sp³-hybridized carbons (Fsp3) is 0.235. The number of hydrogen-bond donors (Lipinski definition) is 0. The molecule has 0 saturated heterocycles. The maximum Gasteiger partial charge on any atom is 0.163 e. The van der Waals surface area contributed by atoms with E-state index in [1.807, 2.05) is 24.3 Å². The van der Waals surface area contributed by atoms with Crippen molar-refractivity contribution in [2.45, 2.75) is 19.8 Å². The second kappa shape index (κ2) is 6.19. The summed E-state index contributed by atoms with van der Waals surface area (Å²) >= 11 is 0. The predicted octanol–water partition coefficient (Wildman–Crippen LogP) is 3.82. The van der Waals surface area contributed by atoms with E-state index < -0.39 is 0 Å². The van der Waals surface area contributed by atoms with Gasteiger partial charge in [0.1, 0.15) is 5.75 Å². The average Bonchev–Trinajstić information content (AvgIpc) is 2.45. The SMILES string of the molecule is COc1cccc(C(=O)CCc2cccc(C)c2)c1. The normalized spacial score (nSPS) is 10.2. The van der Waals surface area contributed by atoms with Crippen LogP contribution < -0.4 is 4.74 Å². The minimum Gasteiger partial charge on any atom is -0.497 e. The molecule has 2 heteroatoms. The first-order valence-corrected chi connectivity index (χ1v) is 6.42. The summed E-state index contributed by atoms with van der Waals surface area (Å²) in [5.41, 5.74) is 3.15. The highest BCUT2D eigenvalue weighted by Gasteiger charge is 2.07. The van der Waals surface area contributed by atoms with E-state index in [1.54, 1.807) is 13.2 Å². The van der Waals surface area contributed by atoms with Crippen LogP contribution in [0.2, 0.25) is 0 Å². The molecule has 0 radical (unpaired) electrons. The van der Waals surface area contributed by atoms with E-state index >= 15 is 0 Å². The average molecular weight is 254 g/mol. The van der Waals surface area contributed by atoms with E-state index in [9.17, 15) is 4.79 Å². The Kier molecular flexibility index (Phi) is 4.35. The molecule has 2 rings (SSSR count). The van der Waals surface area contributed by atoms with Crippen LogP contribution in [0, 0.1) is 6.92 Å². The minimum atomic E-state index is 0.153. The molecule has 19 heavy (non-hydrogen) atoms. The van der Waals surface area contributed by atoms with Crippen molar-refractivity contribution in [3.05, 3.63) is 65.2 Å². The number of carbonyl (C=O) groups excluding carboxylic acids is 1. The van der Waals surface area contributed by atoms with Gasteiger partial charge in [-0.1, -0.05) is 42.0 Å². The van der Waals surface area contributed by atoms with Crippen LogP contribution in [0.3, 0.4) is 0 Å². The first-order valence-electron chi connectivity index (χ1n) is 6.42. The van der Waals surface area contributed by atoms with E-state index in [-0.39, 0.29) is 5.78 Å². The second-order valence-electron chi connectivity index (χ2n) is 4.64. The molecule has 0 N–H and O–H groups in total. The van der Waals surface area contributed by atoms with Gasteiger partial charge in [-0.2, -0.15) is 0 Å². The number of Topliss-reactive ketones (excluding diaryl/α,β-unsaturated/α-hetero) is 1. The summed E-state index contributed by atoms with van der Waals surface area (Å²) in [5.74, 6) is 0.877. The quantitative estimate of drug-likeness (QED) is 0.758. The monoisotopic (exact) mass is 254 g/mol. The first kappa shape index (κ1) is 13.3. The van der Waals surface area contributed by atoms with Crippen molar-refractivity contribution in [3.8, 4) is 5.75 Å². The largest absolute Gasteiger partial charge is 0.497 e. The third-order valence-electron chi connectivity index (χ3n) is 3.11. The van der Waals surface area contributed by atoms with Crippen molar-refractivity contribution in [1.82, 2.24) is 0 Å². The third kappa shape index (κ3) is 3.68. The number of aryl methyl sites for hydroxylation is 2. The zero-order valence-corrected chi connectivity index (χ0v) is 11.3. The maximum absolute atomic E-state index is 12.1. The molecule has 0 unspecified atom stereocenters. The van der Waals surface area contributed by atoms with Crippen molar-refractivity contribution < 1.29 is 9.53 Å². The summed E-state index contributed by atoms with van der Waals surface area (Å²) in [7, 11) is 1.61. The molecule has 2 aromatic rings. The smallest absolute Gasteiger partial charge is 0.163 e. The molecule has 0 bridgehead atoms. The van der Waals surface area contributed by atoms with Gasteiger partial charge in [0.2, 0.25) is 0 Å². The molecule has 0 fully saturated rings. The molecule has 0 aliphatic carbocycles.